The summed E-state index contributed by atoms with van der Waals surface area (Å²) in [5.41, 5.74) is 0.912. The van der Waals surface area contributed by atoms with E-state index in [1.807, 2.05) is 19.1 Å². The fourth-order valence-electron chi connectivity index (χ4n) is 7.66. The van der Waals surface area contributed by atoms with E-state index in [2.05, 4.69) is 20.1 Å². The smallest absolute Gasteiger partial charge is 0.313 e. The van der Waals surface area contributed by atoms with Crippen molar-refractivity contribution in [2.45, 2.75) is 116 Å². The van der Waals surface area contributed by atoms with Crippen LogP contribution < -0.4 is 9.47 Å². The zero-order chi connectivity index (χ0) is 40.4. The van der Waals surface area contributed by atoms with Crippen molar-refractivity contribution in [1.29, 1.82) is 0 Å². The molecule has 0 radical (unpaired) electrons. The number of ether oxygens (including phenoxy) is 3. The third-order valence-electron chi connectivity index (χ3n) is 11.0. The maximum atomic E-state index is 14.5. The Morgan fingerprint density at radius 3 is 2.38 bits per heavy atom. The molecule has 13 nitrogen and oxygen atoms in total. The van der Waals surface area contributed by atoms with Crippen molar-refractivity contribution in [3.63, 3.8) is 0 Å². The lowest BCUT2D eigenvalue weighted by molar-refractivity contribution is -0.166. The first-order valence-electron chi connectivity index (χ1n) is 19.2. The highest BCUT2D eigenvalue weighted by Crippen LogP contribution is 2.48. The number of carbonyl (C=O) groups excluding carboxylic acids is 1. The number of hydrogen-bond acceptors (Lipinski definition) is 11. The molecule has 6 heterocycles. The summed E-state index contributed by atoms with van der Waals surface area (Å²) in [5.74, 6) is -1.34. The van der Waals surface area contributed by atoms with Gasteiger partial charge in [0.15, 0.2) is 5.65 Å². The van der Waals surface area contributed by atoms with Gasteiger partial charge >= 0.3 is 5.97 Å². The number of rotatable bonds is 11. The number of likely N-dealkylation sites (tertiary alicyclic amines) is 1. The van der Waals surface area contributed by atoms with Gasteiger partial charge in [-0.05, 0) is 129 Å². The number of pyridine rings is 3. The molecule has 1 unspecified atom stereocenters. The van der Waals surface area contributed by atoms with E-state index in [0.29, 0.717) is 53.4 Å². The van der Waals surface area contributed by atoms with Gasteiger partial charge in [-0.15, -0.1) is 10.2 Å². The van der Waals surface area contributed by atoms with Crippen molar-refractivity contribution < 1.29 is 36.2 Å². The summed E-state index contributed by atoms with van der Waals surface area (Å²) in [5, 5.41) is 7.80. The summed E-state index contributed by atoms with van der Waals surface area (Å²) >= 11 is 0. The molecule has 3 aliphatic rings. The quantitative estimate of drug-likeness (QED) is 0.154. The molecule has 56 heavy (non-hydrogen) atoms. The molecule has 0 N–H and O–H groups in total. The summed E-state index contributed by atoms with van der Waals surface area (Å²) < 4.78 is 77.7. The van der Waals surface area contributed by atoms with Crippen LogP contribution in [0, 0.1) is 26.2 Å². The minimum atomic E-state index is -4.13. The molecule has 4 aromatic heterocycles. The summed E-state index contributed by atoms with van der Waals surface area (Å²) in [7, 11) is -4.13. The van der Waals surface area contributed by atoms with E-state index < -0.39 is 50.8 Å². The normalized spacial score (nSPS) is 18.8. The van der Waals surface area contributed by atoms with Crippen LogP contribution in [-0.4, -0.2) is 92.1 Å². The van der Waals surface area contributed by atoms with E-state index >= 15 is 0 Å². The predicted octanol–water partition coefficient (Wildman–Crippen LogP) is 6.47. The molecule has 0 amide bonds. The van der Waals surface area contributed by atoms with Crippen molar-refractivity contribution >= 4 is 21.6 Å². The minimum Gasteiger partial charge on any atom is -0.476 e. The second-order valence-corrected chi connectivity index (χ2v) is 18.9. The maximum Gasteiger partial charge on any atom is 0.313 e. The van der Waals surface area contributed by atoms with Crippen LogP contribution in [0.1, 0.15) is 112 Å². The number of esters is 1. The van der Waals surface area contributed by atoms with E-state index in [1.165, 1.54) is 27.7 Å². The number of sulfonamides is 1. The molecule has 16 heteroatoms. The fourth-order valence-corrected chi connectivity index (χ4v) is 9.27. The predicted molar refractivity (Wildman–Crippen MR) is 203 cm³/mol. The van der Waals surface area contributed by atoms with Crippen molar-refractivity contribution in [2.75, 3.05) is 32.8 Å². The Bertz CT molecular complexity index is 2260. The molecule has 1 atom stereocenters. The Hall–Kier alpha value is -4.28. The average Bonchev–Trinajstić information content (AvgIpc) is 3.46. The van der Waals surface area contributed by atoms with E-state index in [4.69, 9.17) is 19.2 Å². The van der Waals surface area contributed by atoms with Crippen LogP contribution in [0.5, 0.6) is 11.8 Å². The van der Waals surface area contributed by atoms with Gasteiger partial charge in [0, 0.05) is 29.9 Å². The van der Waals surface area contributed by atoms with Crippen molar-refractivity contribution in [3.8, 4) is 11.8 Å². The van der Waals surface area contributed by atoms with Crippen LogP contribution in [-0.2, 0) is 26.1 Å². The molecule has 1 saturated carbocycles. The van der Waals surface area contributed by atoms with E-state index in [-0.39, 0.29) is 29.5 Å². The Morgan fingerprint density at radius 1 is 1.00 bits per heavy atom. The molecule has 2 aliphatic heterocycles. The second kappa shape index (κ2) is 14.6. The molecule has 1 saturated heterocycles. The summed E-state index contributed by atoms with van der Waals surface area (Å²) in [6.07, 6.45) is 2.31. The zero-order valence-corrected chi connectivity index (χ0v) is 34.2. The molecule has 1 spiro atoms. The van der Waals surface area contributed by atoms with Gasteiger partial charge in [0.1, 0.15) is 22.7 Å². The highest BCUT2D eigenvalue weighted by Gasteiger charge is 2.53. The lowest BCUT2D eigenvalue weighted by Gasteiger charge is -2.36. The Labute approximate surface area is 326 Å². The van der Waals surface area contributed by atoms with Crippen LogP contribution in [0.15, 0.2) is 35.4 Å². The molecular weight excluding hydrogens is 745 g/mol. The van der Waals surface area contributed by atoms with Gasteiger partial charge in [-0.3, -0.25) is 19.1 Å². The minimum absolute atomic E-state index is 0.0242. The lowest BCUT2D eigenvalue weighted by atomic mass is 9.71. The third-order valence-corrected chi connectivity index (χ3v) is 12.8. The molecule has 1 aliphatic carbocycles. The molecule has 7 rings (SSSR count). The standard InChI is InChI=1S/C40H51F2N7O6S/c1-24-11-12-28(31(39(7,8)37(50)55-38(4,5)6)27-13-18-49-33(26(27)3)45-46-34(49)32(41)42)43-29(24)22-48-23-40(14-15-40)54-36-30(56(48,51)52)21-25(2)35(44-36)53-20-19-47-16-9-10-17-47/h11-13,18,21,31-32H,9-10,14-17,19-20,22-23H2,1-8H3. The Balaban J connectivity index is 1.25. The number of fused-ring (bicyclic) bond motifs is 2. The summed E-state index contributed by atoms with van der Waals surface area (Å²) in [6, 6.07) is 6.93. The van der Waals surface area contributed by atoms with Gasteiger partial charge < -0.3 is 14.2 Å². The highest BCUT2D eigenvalue weighted by atomic mass is 32.2. The van der Waals surface area contributed by atoms with Gasteiger partial charge in [0.25, 0.3) is 6.43 Å². The number of aryl methyl sites for hydroxylation is 3. The molecular formula is C40H51F2N7O6S. The summed E-state index contributed by atoms with van der Waals surface area (Å²) in [6.45, 7) is 17.6. The zero-order valence-electron chi connectivity index (χ0n) is 33.4. The monoisotopic (exact) mass is 795 g/mol. The van der Waals surface area contributed by atoms with Crippen molar-refractivity contribution in [2.24, 2.45) is 5.41 Å². The average molecular weight is 796 g/mol. The Kier molecular flexibility index (Phi) is 10.4. The topological polar surface area (TPSA) is 141 Å². The molecule has 0 bridgehead atoms. The molecule has 2 fully saturated rings. The highest BCUT2D eigenvalue weighted by molar-refractivity contribution is 7.89. The first kappa shape index (κ1) is 39.9. The lowest BCUT2D eigenvalue weighted by Crippen LogP contribution is -2.39. The largest absolute Gasteiger partial charge is 0.476 e. The van der Waals surface area contributed by atoms with Gasteiger partial charge in [-0.2, -0.15) is 9.29 Å². The first-order valence-corrected chi connectivity index (χ1v) is 20.6. The van der Waals surface area contributed by atoms with Crippen LogP contribution in [0.25, 0.3) is 5.65 Å². The second-order valence-electron chi connectivity index (χ2n) is 17.0. The fraction of sp³-hybridized carbons (Fsp3) is 0.575. The first-order chi connectivity index (χ1) is 26.3. The summed E-state index contributed by atoms with van der Waals surface area (Å²) in [4.78, 5) is 26.0. The van der Waals surface area contributed by atoms with E-state index in [0.717, 1.165) is 25.2 Å². The molecule has 0 aromatic carbocycles. The number of nitrogens with zero attached hydrogens (tertiary/aromatic N) is 7. The van der Waals surface area contributed by atoms with Gasteiger partial charge in [0.05, 0.1) is 24.2 Å². The van der Waals surface area contributed by atoms with E-state index in [1.54, 1.807) is 60.6 Å². The number of aromatic nitrogens is 5. The van der Waals surface area contributed by atoms with Gasteiger partial charge in [-0.1, -0.05) is 6.07 Å². The van der Waals surface area contributed by atoms with Gasteiger partial charge in [0.2, 0.25) is 27.6 Å². The third kappa shape index (κ3) is 7.71. The van der Waals surface area contributed by atoms with Crippen LogP contribution in [0.4, 0.5) is 8.78 Å². The van der Waals surface area contributed by atoms with Crippen LogP contribution >= 0.6 is 0 Å². The molecule has 302 valence electrons. The molecule has 4 aromatic rings. The van der Waals surface area contributed by atoms with E-state index in [9.17, 15) is 22.0 Å². The van der Waals surface area contributed by atoms with Crippen molar-refractivity contribution in [1.82, 2.24) is 33.8 Å². The number of carbonyl (C=O) groups is 1. The van der Waals surface area contributed by atoms with Crippen LogP contribution in [0.3, 0.4) is 0 Å². The SMILES string of the molecule is Cc1ccc(C(c2ccn3c(C(F)F)nnc3c2C)C(C)(C)C(=O)OC(C)(C)C)nc1CN1CC2(CC2)Oc2nc(OCCN3CCCC3)c(C)cc2S1(=O)=O. The number of alkyl halides is 2. The maximum absolute atomic E-state index is 14.5. The van der Waals surface area contributed by atoms with Crippen LogP contribution in [0.2, 0.25) is 0 Å². The number of hydrogen-bond donors (Lipinski definition) is 0. The number of halogens is 2. The van der Waals surface area contributed by atoms with Crippen molar-refractivity contribution in [3.05, 3.63) is 69.9 Å². The van der Waals surface area contributed by atoms with Gasteiger partial charge in [-0.25, -0.2) is 17.2 Å². The Morgan fingerprint density at radius 2 is 1.71 bits per heavy atom.